The molecule has 0 heterocycles. The molecule has 142 valence electrons. The molecule has 2 bridgehead atoms. The summed E-state index contributed by atoms with van der Waals surface area (Å²) in [5.74, 6) is 5.53. The van der Waals surface area contributed by atoms with Gasteiger partial charge in [0.25, 0.3) is 0 Å². The van der Waals surface area contributed by atoms with Crippen LogP contribution in [0.25, 0.3) is 0 Å². The molecule has 0 unspecified atom stereocenters. The molecule has 3 rings (SSSR count). The first-order valence-electron chi connectivity index (χ1n) is 9.20. The zero-order valence-corrected chi connectivity index (χ0v) is 17.4. The maximum absolute atomic E-state index is 12.0. The fourth-order valence-electron chi connectivity index (χ4n) is 4.65. The summed E-state index contributed by atoms with van der Waals surface area (Å²) in [5.41, 5.74) is 2.31. The molecule has 0 atom stereocenters. The average molecular weight is 416 g/mol. The van der Waals surface area contributed by atoms with E-state index in [1.807, 2.05) is 0 Å². The van der Waals surface area contributed by atoms with Crippen LogP contribution >= 0.6 is 15.9 Å². The molecule has 0 saturated heterocycles. The Morgan fingerprint density at radius 3 is 1.92 bits per heavy atom. The van der Waals surface area contributed by atoms with Crippen molar-refractivity contribution in [1.82, 2.24) is 5.54 Å². The van der Waals surface area contributed by atoms with E-state index >= 15 is 0 Å². The van der Waals surface area contributed by atoms with E-state index in [1.54, 1.807) is 31.2 Å². The summed E-state index contributed by atoms with van der Waals surface area (Å²) >= 11 is 3.31. The van der Waals surface area contributed by atoms with Crippen LogP contribution in [0.3, 0.4) is 0 Å². The van der Waals surface area contributed by atoms with Gasteiger partial charge >= 0.3 is 0 Å². The Balaban J connectivity index is 0.000000185. The van der Waals surface area contributed by atoms with Crippen LogP contribution in [0, 0.1) is 23.7 Å². The van der Waals surface area contributed by atoms with Crippen molar-refractivity contribution in [3.63, 3.8) is 0 Å². The fourth-order valence-corrected chi connectivity index (χ4v) is 5.20. The number of rotatable bonds is 4. The van der Waals surface area contributed by atoms with E-state index in [4.69, 9.17) is 9.47 Å². The van der Waals surface area contributed by atoms with Crippen molar-refractivity contribution >= 4 is 15.9 Å². The summed E-state index contributed by atoms with van der Waals surface area (Å²) in [4.78, 5) is 0. The van der Waals surface area contributed by atoms with Crippen molar-refractivity contribution in [3.05, 3.63) is 22.2 Å². The van der Waals surface area contributed by atoms with E-state index in [-0.39, 0.29) is 6.54 Å². The molecule has 25 heavy (non-hydrogen) atoms. The second-order valence-electron chi connectivity index (χ2n) is 7.73. The minimum absolute atomic E-state index is 0.103. The quantitative estimate of drug-likeness (QED) is 0.619. The Kier molecular flexibility index (Phi) is 8.01. The molecule has 3 nitrogen and oxygen atoms in total. The second kappa shape index (κ2) is 9.77. The molecule has 1 N–H and O–H groups in total. The molecule has 5 heteroatoms. The summed E-state index contributed by atoms with van der Waals surface area (Å²) in [5, 5.41) is 0. The van der Waals surface area contributed by atoms with Gasteiger partial charge in [-0.25, -0.2) is 0 Å². The van der Waals surface area contributed by atoms with Gasteiger partial charge in [0.1, 0.15) is 11.5 Å². The van der Waals surface area contributed by atoms with Crippen LogP contribution in [-0.4, -0.2) is 14.2 Å². The Labute approximate surface area is 159 Å². The predicted molar refractivity (Wildman–Crippen MR) is 104 cm³/mol. The maximum Gasteiger partial charge on any atom is 0.136 e. The zero-order valence-electron chi connectivity index (χ0n) is 15.8. The zero-order chi connectivity index (χ0) is 18.4. The predicted octanol–water partition coefficient (Wildman–Crippen LogP) is 5.91. The van der Waals surface area contributed by atoms with E-state index in [0.29, 0.717) is 11.5 Å². The van der Waals surface area contributed by atoms with Crippen LogP contribution in [0.15, 0.2) is 16.6 Å². The first-order chi connectivity index (χ1) is 12.0. The molecule has 0 spiro atoms. The van der Waals surface area contributed by atoms with Crippen LogP contribution in [0.4, 0.5) is 4.48 Å². The standard InChI is InChI=1S/C11H20.C9H11BrFNO2/c1-8-3-10-5-9(2)6-11(4-8)7-10;1-13-8-4-9(14-2)7(10)3-6(8)5-12-11/h8-11H,3-7H2,1-2H3;3-4,12H,5H2,1-2H3. The van der Waals surface area contributed by atoms with Gasteiger partial charge in [0.2, 0.25) is 0 Å². The molecular weight excluding hydrogens is 385 g/mol. The molecule has 1 aromatic carbocycles. The molecule has 0 amide bonds. The molecule has 1 aromatic rings. The van der Waals surface area contributed by atoms with Crippen molar-refractivity contribution in [2.75, 3.05) is 14.2 Å². The van der Waals surface area contributed by atoms with Crippen molar-refractivity contribution in [1.29, 1.82) is 0 Å². The molecule has 0 radical (unpaired) electrons. The Hall–Kier alpha value is -0.810. The van der Waals surface area contributed by atoms with Gasteiger partial charge in [-0.05, 0) is 77.8 Å². The van der Waals surface area contributed by atoms with Gasteiger partial charge in [0, 0.05) is 11.6 Å². The third-order valence-electron chi connectivity index (χ3n) is 5.42. The van der Waals surface area contributed by atoms with E-state index in [1.165, 1.54) is 32.8 Å². The highest BCUT2D eigenvalue weighted by atomic mass is 79.9. The highest BCUT2D eigenvalue weighted by Crippen LogP contribution is 2.44. The van der Waals surface area contributed by atoms with Gasteiger partial charge < -0.3 is 9.47 Å². The number of ether oxygens (including phenoxy) is 2. The molecular formula is C20H31BrFNO2. The lowest BCUT2D eigenvalue weighted by Gasteiger charge is -2.40. The topological polar surface area (TPSA) is 30.5 Å². The van der Waals surface area contributed by atoms with Crippen LogP contribution in [-0.2, 0) is 6.54 Å². The van der Waals surface area contributed by atoms with Gasteiger partial charge in [0.15, 0.2) is 0 Å². The molecule has 2 aliphatic rings. The highest BCUT2D eigenvalue weighted by Gasteiger charge is 2.32. The number of hydrogen-bond acceptors (Lipinski definition) is 3. The lowest BCUT2D eigenvalue weighted by molar-refractivity contribution is 0.111. The maximum atomic E-state index is 12.0. The van der Waals surface area contributed by atoms with Gasteiger partial charge in [0.05, 0.1) is 25.2 Å². The Morgan fingerprint density at radius 2 is 1.48 bits per heavy atom. The lowest BCUT2D eigenvalue weighted by atomic mass is 9.65. The molecule has 2 saturated carbocycles. The highest BCUT2D eigenvalue weighted by molar-refractivity contribution is 9.10. The van der Waals surface area contributed by atoms with E-state index in [0.717, 1.165) is 33.7 Å². The minimum atomic E-state index is 0.103. The first kappa shape index (κ1) is 20.5. The SMILES string of the molecule is CC1CC2CC(C)CC(C1)C2.COc1cc(OC)c(CNF)cc1Br. The van der Waals surface area contributed by atoms with Crippen LogP contribution in [0.2, 0.25) is 0 Å². The monoisotopic (exact) mass is 415 g/mol. The van der Waals surface area contributed by atoms with Gasteiger partial charge in [-0.1, -0.05) is 13.8 Å². The average Bonchev–Trinajstić information content (AvgIpc) is 2.54. The molecule has 0 aromatic heterocycles. The normalized spacial score (nSPS) is 27.9. The molecule has 2 aliphatic carbocycles. The van der Waals surface area contributed by atoms with E-state index < -0.39 is 0 Å². The van der Waals surface area contributed by atoms with Crippen molar-refractivity contribution in [2.24, 2.45) is 23.7 Å². The third kappa shape index (κ3) is 5.85. The van der Waals surface area contributed by atoms with Gasteiger partial charge in [-0.15, -0.1) is 4.48 Å². The Morgan fingerprint density at radius 1 is 0.960 bits per heavy atom. The smallest absolute Gasteiger partial charge is 0.136 e. The van der Waals surface area contributed by atoms with Crippen molar-refractivity contribution in [3.8, 4) is 11.5 Å². The number of fused-ring (bicyclic) bond motifs is 2. The molecule has 0 aliphatic heterocycles. The number of hydrogen-bond donors (Lipinski definition) is 1. The minimum Gasteiger partial charge on any atom is -0.496 e. The van der Waals surface area contributed by atoms with Gasteiger partial charge in [-0.2, -0.15) is 5.54 Å². The summed E-state index contributed by atoms with van der Waals surface area (Å²) < 4.78 is 22.9. The summed E-state index contributed by atoms with van der Waals surface area (Å²) in [6.07, 6.45) is 7.68. The lowest BCUT2D eigenvalue weighted by Crippen LogP contribution is -2.29. The number of methoxy groups -OCH3 is 2. The van der Waals surface area contributed by atoms with Crippen molar-refractivity contribution in [2.45, 2.75) is 52.5 Å². The van der Waals surface area contributed by atoms with E-state index in [2.05, 4.69) is 29.8 Å². The summed E-state index contributed by atoms with van der Waals surface area (Å²) in [7, 11) is 3.09. The number of halogens is 2. The van der Waals surface area contributed by atoms with Gasteiger partial charge in [-0.3, -0.25) is 0 Å². The Bertz CT molecular complexity index is 521. The largest absolute Gasteiger partial charge is 0.496 e. The molecule has 2 fully saturated rings. The van der Waals surface area contributed by atoms with Crippen LogP contribution < -0.4 is 15.0 Å². The van der Waals surface area contributed by atoms with Crippen LogP contribution in [0.5, 0.6) is 11.5 Å². The third-order valence-corrected chi connectivity index (χ3v) is 6.04. The number of nitrogens with one attached hydrogen (secondary N) is 1. The first-order valence-corrected chi connectivity index (χ1v) is 9.99. The summed E-state index contributed by atoms with van der Waals surface area (Å²) in [6, 6.07) is 3.46. The number of benzene rings is 1. The van der Waals surface area contributed by atoms with E-state index in [9.17, 15) is 4.48 Å². The van der Waals surface area contributed by atoms with Crippen LogP contribution in [0.1, 0.15) is 51.5 Å². The second-order valence-corrected chi connectivity index (χ2v) is 8.58. The fraction of sp³-hybridized carbons (Fsp3) is 0.700. The van der Waals surface area contributed by atoms with Crippen molar-refractivity contribution < 1.29 is 14.0 Å². The summed E-state index contributed by atoms with van der Waals surface area (Å²) in [6.45, 7) is 4.98.